The van der Waals surface area contributed by atoms with Crippen LogP contribution in [-0.4, -0.2) is 41.7 Å². The molecule has 1 aliphatic heterocycles. The third kappa shape index (κ3) is 2.97. The first-order chi connectivity index (χ1) is 9.04. The third-order valence-corrected chi connectivity index (χ3v) is 5.19. The van der Waals surface area contributed by atoms with E-state index < -0.39 is 10.0 Å². The van der Waals surface area contributed by atoms with Crippen molar-refractivity contribution in [3.05, 3.63) is 11.7 Å². The number of hydrogen-bond acceptors (Lipinski definition) is 5. The highest BCUT2D eigenvalue weighted by atomic mass is 32.2. The van der Waals surface area contributed by atoms with Crippen molar-refractivity contribution in [1.82, 2.24) is 14.4 Å². The molecule has 0 bridgehead atoms. The number of sulfonamides is 1. The Kier molecular flexibility index (Phi) is 3.34. The molecule has 2 fully saturated rings. The minimum atomic E-state index is -3.09. The van der Waals surface area contributed by atoms with Crippen molar-refractivity contribution in [2.24, 2.45) is 0 Å². The van der Waals surface area contributed by atoms with Crippen molar-refractivity contribution in [3.63, 3.8) is 0 Å². The Morgan fingerprint density at radius 1 is 1.37 bits per heavy atom. The molecule has 0 spiro atoms. The molecule has 1 aromatic heterocycles. The Bertz CT molecular complexity index is 550. The quantitative estimate of drug-likeness (QED) is 0.815. The largest absolute Gasteiger partial charge is 0.339 e. The summed E-state index contributed by atoms with van der Waals surface area (Å²) < 4.78 is 30.1. The lowest BCUT2D eigenvalue weighted by Crippen LogP contribution is -2.34. The van der Waals surface area contributed by atoms with E-state index in [4.69, 9.17) is 4.52 Å². The van der Waals surface area contributed by atoms with Crippen LogP contribution in [0.1, 0.15) is 49.7 Å². The lowest BCUT2D eigenvalue weighted by Gasteiger charge is -2.21. The molecule has 0 aromatic carbocycles. The van der Waals surface area contributed by atoms with E-state index in [-0.39, 0.29) is 6.04 Å². The van der Waals surface area contributed by atoms with E-state index in [0.29, 0.717) is 24.7 Å². The van der Waals surface area contributed by atoms with E-state index in [1.54, 1.807) is 4.31 Å². The zero-order chi connectivity index (χ0) is 13.5. The van der Waals surface area contributed by atoms with E-state index in [1.165, 1.54) is 6.26 Å². The van der Waals surface area contributed by atoms with Gasteiger partial charge in [-0.2, -0.15) is 9.29 Å². The highest BCUT2D eigenvalue weighted by Gasteiger charge is 2.32. The van der Waals surface area contributed by atoms with Gasteiger partial charge >= 0.3 is 0 Å². The maximum absolute atomic E-state index is 11.6. The van der Waals surface area contributed by atoms with Crippen molar-refractivity contribution in [1.29, 1.82) is 0 Å². The molecule has 0 radical (unpaired) electrons. The summed E-state index contributed by atoms with van der Waals surface area (Å²) in [6.45, 7) is 0.642. The second-order valence-electron chi connectivity index (χ2n) is 5.53. The van der Waals surface area contributed by atoms with Gasteiger partial charge in [0.05, 0.1) is 6.26 Å². The lowest BCUT2D eigenvalue weighted by molar-refractivity contribution is 0.359. The third-order valence-electron chi connectivity index (χ3n) is 3.86. The smallest absolute Gasteiger partial charge is 0.229 e. The molecule has 2 aliphatic rings. The fourth-order valence-corrected chi connectivity index (χ4v) is 3.91. The van der Waals surface area contributed by atoms with Crippen LogP contribution in [0.15, 0.2) is 4.52 Å². The summed E-state index contributed by atoms with van der Waals surface area (Å²) in [5, 5.41) is 3.97. The minimum Gasteiger partial charge on any atom is -0.339 e. The van der Waals surface area contributed by atoms with Crippen LogP contribution in [0.3, 0.4) is 0 Å². The van der Waals surface area contributed by atoms with Crippen LogP contribution in [0.25, 0.3) is 0 Å². The molecule has 1 unspecified atom stereocenters. The molecular formula is C12H19N3O3S. The summed E-state index contributed by atoms with van der Waals surface area (Å²) in [6, 6.07) is 0.0953. The van der Waals surface area contributed by atoms with Gasteiger partial charge in [0.2, 0.25) is 15.9 Å². The van der Waals surface area contributed by atoms with Gasteiger partial charge in [-0.25, -0.2) is 8.42 Å². The Morgan fingerprint density at radius 2 is 2.16 bits per heavy atom. The topological polar surface area (TPSA) is 76.3 Å². The molecule has 1 aromatic rings. The van der Waals surface area contributed by atoms with Gasteiger partial charge in [-0.1, -0.05) is 5.16 Å². The van der Waals surface area contributed by atoms with Crippen molar-refractivity contribution in [3.8, 4) is 0 Å². The van der Waals surface area contributed by atoms with Crippen LogP contribution >= 0.6 is 0 Å². The van der Waals surface area contributed by atoms with E-state index >= 15 is 0 Å². The van der Waals surface area contributed by atoms with E-state index in [2.05, 4.69) is 10.1 Å². The first kappa shape index (κ1) is 13.1. The van der Waals surface area contributed by atoms with Gasteiger partial charge in [0.15, 0.2) is 5.82 Å². The molecule has 0 N–H and O–H groups in total. The zero-order valence-electron chi connectivity index (χ0n) is 11.1. The van der Waals surface area contributed by atoms with Gasteiger partial charge < -0.3 is 4.52 Å². The maximum atomic E-state index is 11.6. The van der Waals surface area contributed by atoms with E-state index in [1.807, 2.05) is 0 Å². The fourth-order valence-electron chi connectivity index (χ4n) is 2.70. The molecule has 106 valence electrons. The van der Waals surface area contributed by atoms with Crippen molar-refractivity contribution < 1.29 is 12.9 Å². The van der Waals surface area contributed by atoms with Crippen LogP contribution in [0, 0.1) is 0 Å². The first-order valence-corrected chi connectivity index (χ1v) is 8.68. The highest BCUT2D eigenvalue weighted by Crippen LogP contribution is 2.38. The standard InChI is InChI=1S/C12H19N3O3S/c1-19(16,17)15-8-2-3-10(15)6-7-11-13-12(18-14-11)9-4-5-9/h9-10H,2-8H2,1H3. The number of aryl methyl sites for hydroxylation is 1. The summed E-state index contributed by atoms with van der Waals surface area (Å²) in [5.74, 6) is 1.93. The van der Waals surface area contributed by atoms with E-state index in [0.717, 1.165) is 38.0 Å². The van der Waals surface area contributed by atoms with Gasteiger partial charge in [0.25, 0.3) is 0 Å². The van der Waals surface area contributed by atoms with Crippen LogP contribution < -0.4 is 0 Å². The second-order valence-corrected chi connectivity index (χ2v) is 7.47. The summed E-state index contributed by atoms with van der Waals surface area (Å²) in [4.78, 5) is 4.37. The van der Waals surface area contributed by atoms with Gasteiger partial charge in [0.1, 0.15) is 0 Å². The number of aromatic nitrogens is 2. The van der Waals surface area contributed by atoms with Crippen molar-refractivity contribution >= 4 is 10.0 Å². The molecular weight excluding hydrogens is 266 g/mol. The number of rotatable bonds is 5. The predicted octanol–water partition coefficient (Wildman–Crippen LogP) is 1.30. The van der Waals surface area contributed by atoms with Crippen molar-refractivity contribution in [2.75, 3.05) is 12.8 Å². The Hall–Kier alpha value is -0.950. The SMILES string of the molecule is CS(=O)(=O)N1CCCC1CCc1noc(C2CC2)n1. The average Bonchev–Trinajstić information content (AvgIpc) is 2.91. The summed E-state index contributed by atoms with van der Waals surface area (Å²) in [5.41, 5.74) is 0. The molecule has 3 rings (SSSR count). The summed E-state index contributed by atoms with van der Waals surface area (Å²) in [6.07, 6.45) is 6.91. The van der Waals surface area contributed by atoms with Crippen LogP contribution in [-0.2, 0) is 16.4 Å². The lowest BCUT2D eigenvalue weighted by atomic mass is 10.1. The number of hydrogen-bond donors (Lipinski definition) is 0. The van der Waals surface area contributed by atoms with Crippen LogP contribution in [0.2, 0.25) is 0 Å². The zero-order valence-corrected chi connectivity index (χ0v) is 11.9. The predicted molar refractivity (Wildman–Crippen MR) is 69.2 cm³/mol. The molecule has 1 saturated heterocycles. The van der Waals surface area contributed by atoms with Gasteiger partial charge in [-0.3, -0.25) is 0 Å². The maximum Gasteiger partial charge on any atom is 0.229 e. The van der Waals surface area contributed by atoms with Crippen LogP contribution in [0.5, 0.6) is 0 Å². The van der Waals surface area contributed by atoms with Gasteiger partial charge in [-0.15, -0.1) is 0 Å². The highest BCUT2D eigenvalue weighted by molar-refractivity contribution is 7.88. The summed E-state index contributed by atoms with van der Waals surface area (Å²) in [7, 11) is -3.09. The molecule has 19 heavy (non-hydrogen) atoms. The molecule has 6 nitrogen and oxygen atoms in total. The molecule has 1 aliphatic carbocycles. The molecule has 7 heteroatoms. The molecule has 1 saturated carbocycles. The second kappa shape index (κ2) is 4.86. The Morgan fingerprint density at radius 3 is 2.84 bits per heavy atom. The first-order valence-electron chi connectivity index (χ1n) is 6.83. The normalized spacial score (nSPS) is 25.0. The number of nitrogens with zero attached hydrogens (tertiary/aromatic N) is 3. The minimum absolute atomic E-state index is 0.0953. The monoisotopic (exact) mass is 285 g/mol. The Labute approximate surface area is 113 Å². The Balaban J connectivity index is 1.58. The average molecular weight is 285 g/mol. The van der Waals surface area contributed by atoms with Gasteiger partial charge in [0, 0.05) is 24.9 Å². The van der Waals surface area contributed by atoms with Crippen LogP contribution in [0.4, 0.5) is 0 Å². The molecule has 1 atom stereocenters. The molecule has 2 heterocycles. The van der Waals surface area contributed by atoms with Gasteiger partial charge in [-0.05, 0) is 32.1 Å². The fraction of sp³-hybridized carbons (Fsp3) is 0.833. The molecule has 0 amide bonds. The van der Waals surface area contributed by atoms with Crippen molar-refractivity contribution in [2.45, 2.75) is 50.5 Å². The van der Waals surface area contributed by atoms with E-state index in [9.17, 15) is 8.42 Å². The summed E-state index contributed by atoms with van der Waals surface area (Å²) >= 11 is 0.